The first-order valence-corrected chi connectivity index (χ1v) is 20.8. The third kappa shape index (κ3) is 5.88. The molecule has 5 aliphatic carbocycles. The van der Waals surface area contributed by atoms with E-state index in [4.69, 9.17) is 14.2 Å². The molecular weight excluding hydrogens is 654 g/mol. The number of nitrogens with one attached hydrogen (secondary N) is 1. The lowest BCUT2D eigenvalue weighted by atomic mass is 9.34. The van der Waals surface area contributed by atoms with Crippen molar-refractivity contribution in [1.82, 2.24) is 5.32 Å². The van der Waals surface area contributed by atoms with Crippen molar-refractivity contribution in [2.75, 3.05) is 19.8 Å². The summed E-state index contributed by atoms with van der Waals surface area (Å²) in [5, 5.41) is 15.0. The van der Waals surface area contributed by atoms with Crippen LogP contribution in [0, 0.1) is 62.6 Å². The first-order chi connectivity index (χ1) is 24.2. The first-order valence-electron chi connectivity index (χ1n) is 20.8. The molecule has 52 heavy (non-hydrogen) atoms. The van der Waals surface area contributed by atoms with Gasteiger partial charge in [0.25, 0.3) is 0 Å². The Bertz CT molecular complexity index is 1430. The molecule has 8 heteroatoms. The molecule has 294 valence electrons. The number of carbonyl (C=O) groups excluding carboxylic acids is 2. The number of fused-ring (bicyclic) bond motifs is 3. The van der Waals surface area contributed by atoms with Gasteiger partial charge in [-0.25, -0.2) is 0 Å². The number of carboxylic acids is 1. The molecule has 0 unspecified atom stereocenters. The summed E-state index contributed by atoms with van der Waals surface area (Å²) in [5.41, 5.74) is -2.17. The fourth-order valence-electron chi connectivity index (χ4n) is 13.3. The summed E-state index contributed by atoms with van der Waals surface area (Å²) in [6, 6.07) is 0.478. The van der Waals surface area contributed by atoms with E-state index in [0.29, 0.717) is 44.1 Å². The molecule has 2 bridgehead atoms. The van der Waals surface area contributed by atoms with E-state index in [1.807, 2.05) is 13.0 Å². The van der Waals surface area contributed by atoms with E-state index in [1.54, 1.807) is 0 Å². The first kappa shape index (κ1) is 39.9. The Morgan fingerprint density at radius 2 is 1.67 bits per heavy atom. The van der Waals surface area contributed by atoms with E-state index in [1.165, 1.54) is 39.0 Å². The van der Waals surface area contributed by atoms with Gasteiger partial charge >= 0.3 is 11.9 Å². The maximum absolute atomic E-state index is 15.0. The molecule has 0 aromatic heterocycles. The summed E-state index contributed by atoms with van der Waals surface area (Å²) >= 11 is 0. The number of ketones is 1. The fourth-order valence-corrected chi connectivity index (χ4v) is 13.3. The zero-order valence-electron chi connectivity index (χ0n) is 34.4. The molecule has 1 heterocycles. The quantitative estimate of drug-likeness (QED) is 0.216. The highest BCUT2D eigenvalue weighted by Crippen LogP contribution is 2.74. The van der Waals surface area contributed by atoms with Gasteiger partial charge in [0, 0.05) is 34.7 Å². The maximum Gasteiger partial charge on any atom is 0.308 e. The average molecular weight is 726 g/mol. The smallest absolute Gasteiger partial charge is 0.308 e. The number of hydrogen-bond donors (Lipinski definition) is 2. The van der Waals surface area contributed by atoms with Crippen LogP contribution in [0.2, 0.25) is 0 Å². The van der Waals surface area contributed by atoms with Gasteiger partial charge in [0.05, 0.1) is 25.7 Å². The monoisotopic (exact) mass is 726 g/mol. The van der Waals surface area contributed by atoms with E-state index < -0.39 is 45.1 Å². The number of allylic oxidation sites excluding steroid dienone is 1. The number of carbonyl (C=O) groups is 3. The van der Waals surface area contributed by atoms with Crippen LogP contribution in [-0.4, -0.2) is 66.4 Å². The Hall–Kier alpha value is -1.77. The zero-order valence-corrected chi connectivity index (χ0v) is 34.4. The van der Waals surface area contributed by atoms with Crippen LogP contribution in [0.3, 0.4) is 0 Å². The van der Waals surface area contributed by atoms with Gasteiger partial charge in [-0.1, -0.05) is 87.1 Å². The van der Waals surface area contributed by atoms with Crippen LogP contribution in [-0.2, 0) is 28.6 Å². The molecule has 0 spiro atoms. The Morgan fingerprint density at radius 3 is 2.27 bits per heavy atom. The van der Waals surface area contributed by atoms with Crippen LogP contribution in [0.5, 0.6) is 0 Å². The van der Waals surface area contributed by atoms with Crippen molar-refractivity contribution >= 4 is 17.7 Å². The molecule has 0 aromatic carbocycles. The molecular formula is C44H71NO7. The summed E-state index contributed by atoms with van der Waals surface area (Å²) < 4.78 is 20.0. The average Bonchev–Trinajstić information content (AvgIpc) is 3.05. The largest absolute Gasteiger partial charge is 0.481 e. The van der Waals surface area contributed by atoms with Gasteiger partial charge in [0.15, 0.2) is 5.78 Å². The molecule has 5 fully saturated rings. The molecule has 6 rings (SSSR count). The van der Waals surface area contributed by atoms with Crippen LogP contribution in [0.4, 0.5) is 0 Å². The minimum Gasteiger partial charge on any atom is -0.481 e. The second kappa shape index (κ2) is 13.8. The van der Waals surface area contributed by atoms with Crippen molar-refractivity contribution in [2.24, 2.45) is 62.6 Å². The Balaban J connectivity index is 1.38. The highest BCUT2D eigenvalue weighted by Gasteiger charge is 2.74. The second-order valence-electron chi connectivity index (χ2n) is 20.4. The van der Waals surface area contributed by atoms with Crippen molar-refractivity contribution in [2.45, 2.75) is 164 Å². The molecule has 0 radical (unpaired) electrons. The highest BCUT2D eigenvalue weighted by molar-refractivity contribution is 6.00. The van der Waals surface area contributed by atoms with Gasteiger partial charge < -0.3 is 24.6 Å². The lowest BCUT2D eigenvalue weighted by molar-refractivity contribution is -0.268. The van der Waals surface area contributed by atoms with Gasteiger partial charge in [0.1, 0.15) is 12.2 Å². The molecule has 2 N–H and O–H groups in total. The minimum atomic E-state index is -1.05. The summed E-state index contributed by atoms with van der Waals surface area (Å²) in [5.74, 6) is -1.03. The van der Waals surface area contributed by atoms with Crippen LogP contribution in [0.25, 0.3) is 0 Å². The van der Waals surface area contributed by atoms with Crippen molar-refractivity contribution in [1.29, 1.82) is 0 Å². The van der Waals surface area contributed by atoms with E-state index in [0.717, 1.165) is 31.3 Å². The third-order valence-corrected chi connectivity index (χ3v) is 17.2. The summed E-state index contributed by atoms with van der Waals surface area (Å²) in [6.45, 7) is 24.9. The predicted molar refractivity (Wildman–Crippen MR) is 203 cm³/mol. The lowest BCUT2D eigenvalue weighted by Gasteiger charge is -2.70. The molecule has 1 saturated heterocycles. The van der Waals surface area contributed by atoms with Gasteiger partial charge in [-0.3, -0.25) is 14.4 Å². The fraction of sp³-hybridized carbons (Fsp3) is 0.886. The predicted octanol–water partition coefficient (Wildman–Crippen LogP) is 8.41. The van der Waals surface area contributed by atoms with Crippen molar-refractivity contribution in [3.8, 4) is 0 Å². The lowest BCUT2D eigenvalue weighted by Crippen LogP contribution is -2.71. The van der Waals surface area contributed by atoms with Crippen LogP contribution in [0.15, 0.2) is 11.6 Å². The molecule has 0 amide bonds. The number of hydrogen-bond acceptors (Lipinski definition) is 7. The molecule has 1 aliphatic heterocycles. The van der Waals surface area contributed by atoms with Gasteiger partial charge in [-0.15, -0.1) is 0 Å². The van der Waals surface area contributed by atoms with Gasteiger partial charge in [-0.2, -0.15) is 0 Å². The Kier molecular flexibility index (Phi) is 10.6. The van der Waals surface area contributed by atoms with Crippen molar-refractivity contribution in [3.05, 3.63) is 11.6 Å². The normalized spacial score (nSPS) is 43.8. The molecule has 0 aromatic rings. The number of rotatable bonds is 10. The standard InChI is InChI=1S/C44H71NO7/c1-26(2)28(5)39(7)19-20-41(9)31-17-18-34-40(8)23-50-25-44(34,32(31)21-35(47)43(41,11)36(39)38(48)49)22-33(52-29(6)46)37(40)51-24-42(10,27(3)4)45-30-15-13-12-14-16-30/h21,26-28,30-31,33-34,36-37,45H,12-20,22-25H2,1-11H3,(H,48,49)/t28-,31+,33-,34+,36-,37+,39-,40-,41-,42-,43+,44+/m1/s1. The van der Waals surface area contributed by atoms with Crippen LogP contribution < -0.4 is 5.32 Å². The number of carboxylic acid groups (broad SMARTS) is 1. The Labute approximate surface area is 314 Å². The number of ether oxygens (including phenoxy) is 3. The SMILES string of the molecule is CC(=O)O[C@@H]1C[C@@]23COC[C@](C)([C@@H]2CC[C@H]2C3=CC(=O)[C@@]3(C)[C@H](C(=O)O)[C@@](C)([C@H](C)C(C)C)CC[C@]23C)[C@H]1OC[C@@](C)(NC1CCCCC1)C(C)C. The highest BCUT2D eigenvalue weighted by atomic mass is 16.6. The number of esters is 1. The summed E-state index contributed by atoms with van der Waals surface area (Å²) in [7, 11) is 0. The third-order valence-electron chi connectivity index (χ3n) is 17.2. The minimum absolute atomic E-state index is 0.0394. The molecule has 4 saturated carbocycles. The molecule has 6 aliphatic rings. The zero-order chi connectivity index (χ0) is 38.2. The van der Waals surface area contributed by atoms with Crippen molar-refractivity contribution < 1.29 is 33.7 Å². The summed E-state index contributed by atoms with van der Waals surface area (Å²) in [4.78, 5) is 41.3. The summed E-state index contributed by atoms with van der Waals surface area (Å²) in [6.07, 6.45) is 11.2. The Morgan fingerprint density at radius 1 is 1.00 bits per heavy atom. The van der Waals surface area contributed by atoms with E-state index in [9.17, 15) is 19.5 Å². The number of aliphatic carboxylic acids is 1. The molecule has 8 nitrogen and oxygen atoms in total. The van der Waals surface area contributed by atoms with Gasteiger partial charge in [-0.05, 0) is 98.4 Å². The van der Waals surface area contributed by atoms with Gasteiger partial charge in [0.2, 0.25) is 0 Å². The van der Waals surface area contributed by atoms with Crippen molar-refractivity contribution in [3.63, 3.8) is 0 Å². The maximum atomic E-state index is 15.0. The van der Waals surface area contributed by atoms with E-state index >= 15 is 0 Å². The molecule has 12 atom stereocenters. The van der Waals surface area contributed by atoms with Crippen LogP contribution in [0.1, 0.15) is 140 Å². The topological polar surface area (TPSA) is 111 Å². The second-order valence-corrected chi connectivity index (χ2v) is 20.4. The van der Waals surface area contributed by atoms with Crippen LogP contribution >= 0.6 is 0 Å². The van der Waals surface area contributed by atoms with E-state index in [2.05, 4.69) is 67.6 Å². The van der Waals surface area contributed by atoms with E-state index in [-0.39, 0.29) is 41.1 Å².